The van der Waals surface area contributed by atoms with E-state index in [0.717, 1.165) is 60.8 Å². The number of aromatic hydroxyl groups is 1. The summed E-state index contributed by atoms with van der Waals surface area (Å²) in [5.74, 6) is 1.03. The predicted octanol–water partition coefficient (Wildman–Crippen LogP) is 8.49. The minimum atomic E-state index is -0.808. The summed E-state index contributed by atoms with van der Waals surface area (Å²) in [5, 5.41) is 28.0. The van der Waals surface area contributed by atoms with E-state index in [9.17, 15) is 19.8 Å². The quantitative estimate of drug-likeness (QED) is 0.0541. The number of phenols is 1. The number of aromatic amines is 1. The molecule has 0 spiro atoms. The van der Waals surface area contributed by atoms with Gasteiger partial charge in [0.25, 0.3) is 0 Å². The number of alkyl carbamates (subject to hydrolysis) is 1. The summed E-state index contributed by atoms with van der Waals surface area (Å²) in [5.41, 5.74) is 4.68. The molecule has 5 rings (SSSR count). The van der Waals surface area contributed by atoms with Gasteiger partial charge in [0.15, 0.2) is 0 Å². The number of aliphatic hydroxyl groups is 1. The van der Waals surface area contributed by atoms with E-state index in [2.05, 4.69) is 60.7 Å². The molecule has 0 saturated carbocycles. The fourth-order valence-corrected chi connectivity index (χ4v) is 6.95. The van der Waals surface area contributed by atoms with Crippen molar-refractivity contribution in [2.24, 2.45) is 5.92 Å². The van der Waals surface area contributed by atoms with Crippen LogP contribution in [-0.2, 0) is 17.8 Å². The number of nitrogens with one attached hydrogen (secondary N) is 3. The zero-order valence-electron chi connectivity index (χ0n) is 31.0. The lowest BCUT2D eigenvalue weighted by molar-refractivity contribution is 0.0509. The second kappa shape index (κ2) is 19.6. The van der Waals surface area contributed by atoms with Crippen molar-refractivity contribution in [1.29, 1.82) is 0 Å². The van der Waals surface area contributed by atoms with Crippen molar-refractivity contribution in [3.05, 3.63) is 141 Å². The molecule has 0 aliphatic heterocycles. The third-order valence-electron chi connectivity index (χ3n) is 9.71. The molecule has 0 aliphatic carbocycles. The predicted molar refractivity (Wildman–Crippen MR) is 210 cm³/mol. The lowest BCUT2D eigenvalue weighted by Gasteiger charge is -2.27. The standard InChI is InChI=1S/C44H53N3O6/c1-4-11-32(12-5-2)40(6-3)53-44(51)47-42(33-13-8-7-9-14-33)34-15-10-16-35(27-34)52-29-31-19-17-30(18-20-31)25-26-45-28-39(49)36-21-23-38(48)43-37(36)22-24-41(50)46-43/h7-10,13-24,27,32,39-40,42,45,48-49H,4-6,11-12,25-26,28-29H2,1-3H3,(H,46,50)(H,47,51)/t39-,40-,42?/m0/s1. The van der Waals surface area contributed by atoms with Crippen LogP contribution < -0.4 is 20.9 Å². The third-order valence-corrected chi connectivity index (χ3v) is 9.71. The number of fused-ring (bicyclic) bond motifs is 1. The van der Waals surface area contributed by atoms with Crippen molar-refractivity contribution in [3.63, 3.8) is 0 Å². The van der Waals surface area contributed by atoms with Gasteiger partial charge in [-0.15, -0.1) is 0 Å². The summed E-state index contributed by atoms with van der Waals surface area (Å²) in [6, 6.07) is 31.8. The molecule has 280 valence electrons. The second-order valence-corrected chi connectivity index (χ2v) is 13.6. The monoisotopic (exact) mass is 719 g/mol. The smallest absolute Gasteiger partial charge is 0.408 e. The molecule has 53 heavy (non-hydrogen) atoms. The summed E-state index contributed by atoms with van der Waals surface area (Å²) < 4.78 is 12.3. The van der Waals surface area contributed by atoms with Gasteiger partial charge in [0.1, 0.15) is 24.2 Å². The largest absolute Gasteiger partial charge is 0.506 e. The van der Waals surface area contributed by atoms with Gasteiger partial charge >= 0.3 is 6.09 Å². The molecule has 1 amide bonds. The van der Waals surface area contributed by atoms with Gasteiger partial charge in [0.05, 0.1) is 17.7 Å². The first kappa shape index (κ1) is 39.1. The number of hydrogen-bond acceptors (Lipinski definition) is 7. The van der Waals surface area contributed by atoms with Gasteiger partial charge in [-0.05, 0) is 90.2 Å². The van der Waals surface area contributed by atoms with Crippen LogP contribution in [0.3, 0.4) is 0 Å². The molecule has 5 aromatic rings. The average molecular weight is 720 g/mol. The Morgan fingerprint density at radius 2 is 1.55 bits per heavy atom. The first-order valence-corrected chi connectivity index (χ1v) is 18.9. The SMILES string of the molecule is CCCC(CCC)[C@H](CC)OC(=O)NC(c1ccccc1)c1cccc(OCc2ccc(CCNC[C@H](O)c3ccc(O)c4[nH]c(=O)ccc34)cc2)c1. The van der Waals surface area contributed by atoms with Gasteiger partial charge < -0.3 is 35.3 Å². The van der Waals surface area contributed by atoms with Crippen LogP contribution in [0.2, 0.25) is 0 Å². The van der Waals surface area contributed by atoms with Crippen LogP contribution in [0.5, 0.6) is 11.5 Å². The highest BCUT2D eigenvalue weighted by atomic mass is 16.6. The Bertz CT molecular complexity index is 1940. The van der Waals surface area contributed by atoms with Gasteiger partial charge in [-0.2, -0.15) is 0 Å². The lowest BCUT2D eigenvalue weighted by Crippen LogP contribution is -2.35. The summed E-state index contributed by atoms with van der Waals surface area (Å²) in [6.07, 6.45) is 4.42. The Morgan fingerprint density at radius 3 is 2.26 bits per heavy atom. The van der Waals surface area contributed by atoms with E-state index < -0.39 is 18.2 Å². The maximum Gasteiger partial charge on any atom is 0.408 e. The van der Waals surface area contributed by atoms with Crippen LogP contribution in [0.25, 0.3) is 10.9 Å². The van der Waals surface area contributed by atoms with Gasteiger partial charge in [-0.1, -0.05) is 106 Å². The molecule has 0 aliphatic rings. The number of phenolic OH excluding ortho intramolecular Hbond substituents is 1. The average Bonchev–Trinajstić information content (AvgIpc) is 3.18. The van der Waals surface area contributed by atoms with E-state index >= 15 is 0 Å². The molecule has 0 saturated heterocycles. The highest BCUT2D eigenvalue weighted by Crippen LogP contribution is 2.30. The van der Waals surface area contributed by atoms with Gasteiger partial charge in [-0.25, -0.2) is 4.79 Å². The second-order valence-electron chi connectivity index (χ2n) is 13.6. The van der Waals surface area contributed by atoms with Crippen molar-refractivity contribution in [1.82, 2.24) is 15.6 Å². The highest BCUT2D eigenvalue weighted by molar-refractivity contribution is 5.87. The van der Waals surface area contributed by atoms with Crippen LogP contribution in [0.1, 0.15) is 92.8 Å². The first-order chi connectivity index (χ1) is 25.8. The number of rotatable bonds is 19. The number of pyridine rings is 1. The van der Waals surface area contributed by atoms with Crippen molar-refractivity contribution in [2.45, 2.75) is 84.2 Å². The molecular formula is C44H53N3O6. The fourth-order valence-electron chi connectivity index (χ4n) is 6.95. The summed E-state index contributed by atoms with van der Waals surface area (Å²) >= 11 is 0. The van der Waals surface area contributed by atoms with E-state index in [1.54, 1.807) is 12.1 Å². The number of H-pyrrole nitrogens is 1. The van der Waals surface area contributed by atoms with Crippen molar-refractivity contribution in [2.75, 3.05) is 13.1 Å². The zero-order valence-corrected chi connectivity index (χ0v) is 31.0. The van der Waals surface area contributed by atoms with Crippen molar-refractivity contribution in [3.8, 4) is 11.5 Å². The molecule has 0 radical (unpaired) electrons. The zero-order chi connectivity index (χ0) is 37.6. The van der Waals surface area contributed by atoms with Gasteiger partial charge in [-0.3, -0.25) is 4.79 Å². The molecular weight excluding hydrogens is 666 g/mol. The molecule has 0 fully saturated rings. The van der Waals surface area contributed by atoms with Gasteiger partial charge in [0, 0.05) is 18.0 Å². The first-order valence-electron chi connectivity index (χ1n) is 18.9. The molecule has 3 atom stereocenters. The summed E-state index contributed by atoms with van der Waals surface area (Å²) in [4.78, 5) is 27.7. The Kier molecular flexibility index (Phi) is 14.5. The number of aromatic nitrogens is 1. The maximum atomic E-state index is 13.3. The molecule has 9 heteroatoms. The molecule has 4 aromatic carbocycles. The number of benzene rings is 4. The van der Waals surface area contributed by atoms with Crippen LogP contribution in [0, 0.1) is 5.92 Å². The van der Waals surface area contributed by atoms with Crippen LogP contribution in [0.4, 0.5) is 4.79 Å². The van der Waals surface area contributed by atoms with E-state index in [0.29, 0.717) is 47.8 Å². The Morgan fingerprint density at radius 1 is 0.830 bits per heavy atom. The normalized spacial score (nSPS) is 13.1. The minimum Gasteiger partial charge on any atom is -0.506 e. The van der Waals surface area contributed by atoms with E-state index in [1.807, 2.05) is 54.6 Å². The van der Waals surface area contributed by atoms with E-state index in [1.165, 1.54) is 12.1 Å². The van der Waals surface area contributed by atoms with E-state index in [-0.39, 0.29) is 17.4 Å². The highest BCUT2D eigenvalue weighted by Gasteiger charge is 2.25. The number of hydrogen-bond donors (Lipinski definition) is 5. The van der Waals surface area contributed by atoms with Gasteiger partial charge in [0.2, 0.25) is 5.56 Å². The van der Waals surface area contributed by atoms with Crippen molar-refractivity contribution < 1.29 is 24.5 Å². The Hall–Kier alpha value is -5.12. The molecule has 5 N–H and O–H groups in total. The number of ether oxygens (including phenoxy) is 2. The summed E-state index contributed by atoms with van der Waals surface area (Å²) in [6.45, 7) is 7.81. The van der Waals surface area contributed by atoms with Crippen LogP contribution >= 0.6 is 0 Å². The lowest BCUT2D eigenvalue weighted by atomic mass is 9.91. The molecule has 0 bridgehead atoms. The Labute approximate surface area is 312 Å². The third kappa shape index (κ3) is 10.9. The van der Waals surface area contributed by atoms with Crippen LogP contribution in [0.15, 0.2) is 108 Å². The molecule has 1 unspecified atom stereocenters. The minimum absolute atomic E-state index is 0.0320. The fraction of sp³-hybridized carbons (Fsp3) is 0.364. The number of carbonyl (C=O) groups excluding carboxylic acids is 1. The van der Waals surface area contributed by atoms with Crippen LogP contribution in [-0.4, -0.2) is 40.5 Å². The number of carbonyl (C=O) groups is 1. The summed E-state index contributed by atoms with van der Waals surface area (Å²) in [7, 11) is 0. The molecule has 1 heterocycles. The topological polar surface area (TPSA) is 133 Å². The Balaban J connectivity index is 1.15. The van der Waals surface area contributed by atoms with Crippen molar-refractivity contribution >= 4 is 17.0 Å². The maximum absolute atomic E-state index is 13.3. The number of aliphatic hydroxyl groups excluding tert-OH is 1. The number of amides is 1. The van der Waals surface area contributed by atoms with E-state index in [4.69, 9.17) is 9.47 Å². The molecule has 9 nitrogen and oxygen atoms in total. The molecule has 1 aromatic heterocycles.